The number of rotatable bonds is 5. The maximum Gasteiger partial charge on any atom is 0.410 e. The maximum absolute atomic E-state index is 12.4. The summed E-state index contributed by atoms with van der Waals surface area (Å²) in [6.45, 7) is 7.63. The zero-order valence-corrected chi connectivity index (χ0v) is 16.9. The van der Waals surface area contributed by atoms with Crippen molar-refractivity contribution in [3.63, 3.8) is 0 Å². The van der Waals surface area contributed by atoms with Gasteiger partial charge in [0, 0.05) is 26.7 Å². The van der Waals surface area contributed by atoms with Crippen molar-refractivity contribution >= 4 is 35.1 Å². The second kappa shape index (κ2) is 8.84. The van der Waals surface area contributed by atoms with E-state index in [0.29, 0.717) is 18.8 Å². The van der Waals surface area contributed by atoms with Crippen LogP contribution in [0.4, 0.5) is 4.79 Å². The van der Waals surface area contributed by atoms with Crippen LogP contribution in [0.5, 0.6) is 0 Å². The van der Waals surface area contributed by atoms with Gasteiger partial charge in [0.15, 0.2) is 4.34 Å². The Hall–Kier alpha value is -1.35. The molecule has 1 atom stereocenters. The first-order chi connectivity index (χ1) is 11.7. The maximum atomic E-state index is 12.4. The molecule has 0 saturated carbocycles. The smallest absolute Gasteiger partial charge is 0.410 e. The summed E-state index contributed by atoms with van der Waals surface area (Å²) < 4.78 is 6.20. The molecule has 1 aliphatic rings. The average molecular weight is 387 g/mol. The lowest BCUT2D eigenvalue weighted by Gasteiger charge is -2.35. The van der Waals surface area contributed by atoms with Crippen molar-refractivity contribution in [1.82, 2.24) is 20.0 Å². The fourth-order valence-electron chi connectivity index (χ4n) is 2.68. The van der Waals surface area contributed by atoms with E-state index in [0.717, 1.165) is 23.7 Å². The summed E-state index contributed by atoms with van der Waals surface area (Å²) >= 11 is 2.86. The largest absolute Gasteiger partial charge is 0.444 e. The van der Waals surface area contributed by atoms with Gasteiger partial charge in [-0.3, -0.25) is 4.79 Å². The monoisotopic (exact) mass is 386 g/mol. The van der Waals surface area contributed by atoms with Gasteiger partial charge in [0.2, 0.25) is 5.91 Å². The fourth-order valence-corrected chi connectivity index (χ4v) is 4.07. The van der Waals surface area contributed by atoms with Crippen LogP contribution >= 0.6 is 23.1 Å². The lowest BCUT2D eigenvalue weighted by atomic mass is 9.97. The van der Waals surface area contributed by atoms with Crippen molar-refractivity contribution in [3.05, 3.63) is 5.51 Å². The zero-order valence-electron chi connectivity index (χ0n) is 15.2. The third kappa shape index (κ3) is 6.81. The van der Waals surface area contributed by atoms with Crippen molar-refractivity contribution in [2.45, 2.75) is 43.6 Å². The van der Waals surface area contributed by atoms with Crippen LogP contribution in [0.3, 0.4) is 0 Å². The number of ether oxygens (including phenoxy) is 1. The van der Waals surface area contributed by atoms with Gasteiger partial charge in [-0.1, -0.05) is 23.1 Å². The van der Waals surface area contributed by atoms with Crippen molar-refractivity contribution < 1.29 is 14.3 Å². The molecule has 1 aromatic heterocycles. The number of likely N-dealkylation sites (tertiary alicyclic amines) is 1. The van der Waals surface area contributed by atoms with Crippen LogP contribution in [0, 0.1) is 5.92 Å². The second-order valence-electron chi connectivity index (χ2n) is 7.20. The number of carbonyl (C=O) groups excluding carboxylic acids is 2. The van der Waals surface area contributed by atoms with Crippen LogP contribution < -0.4 is 0 Å². The molecule has 1 aliphatic heterocycles. The SMILES string of the molecule is CN(CC1CCCN(C(=O)CSc2nncs2)C1)C(=O)OC(C)(C)C. The highest BCUT2D eigenvalue weighted by atomic mass is 32.2. The Balaban J connectivity index is 1.79. The Labute approximate surface area is 157 Å². The molecule has 7 nitrogen and oxygen atoms in total. The molecule has 0 N–H and O–H groups in total. The van der Waals surface area contributed by atoms with Gasteiger partial charge in [0.05, 0.1) is 5.75 Å². The van der Waals surface area contributed by atoms with Crippen molar-refractivity contribution in [2.75, 3.05) is 32.4 Å². The number of piperidine rings is 1. The fraction of sp³-hybridized carbons (Fsp3) is 0.750. The Kier molecular flexibility index (Phi) is 7.06. The molecule has 0 aromatic carbocycles. The number of hydrogen-bond acceptors (Lipinski definition) is 7. The number of hydrogen-bond donors (Lipinski definition) is 0. The Morgan fingerprint density at radius 1 is 1.48 bits per heavy atom. The van der Waals surface area contributed by atoms with Gasteiger partial charge in [0.25, 0.3) is 0 Å². The van der Waals surface area contributed by atoms with E-state index in [-0.39, 0.29) is 17.9 Å². The topological polar surface area (TPSA) is 75.6 Å². The third-order valence-electron chi connectivity index (χ3n) is 3.77. The number of amides is 2. The number of nitrogens with zero attached hydrogens (tertiary/aromatic N) is 4. The van der Waals surface area contributed by atoms with Crippen LogP contribution in [0.2, 0.25) is 0 Å². The molecule has 1 fully saturated rings. The summed E-state index contributed by atoms with van der Waals surface area (Å²) in [6, 6.07) is 0. The minimum absolute atomic E-state index is 0.116. The van der Waals surface area contributed by atoms with Crippen LogP contribution in [-0.4, -0.2) is 70.0 Å². The molecule has 0 bridgehead atoms. The highest BCUT2D eigenvalue weighted by Crippen LogP contribution is 2.22. The minimum Gasteiger partial charge on any atom is -0.444 e. The van der Waals surface area contributed by atoms with E-state index in [1.807, 2.05) is 25.7 Å². The van der Waals surface area contributed by atoms with E-state index < -0.39 is 5.60 Å². The van der Waals surface area contributed by atoms with Gasteiger partial charge >= 0.3 is 6.09 Å². The van der Waals surface area contributed by atoms with Gasteiger partial charge in [-0.15, -0.1) is 10.2 Å². The second-order valence-corrected chi connectivity index (χ2v) is 9.26. The summed E-state index contributed by atoms with van der Waals surface area (Å²) in [5.74, 6) is 0.774. The average Bonchev–Trinajstić information content (AvgIpc) is 3.04. The molecule has 1 aromatic rings. The first-order valence-corrected chi connectivity index (χ1v) is 10.2. The van der Waals surface area contributed by atoms with E-state index in [9.17, 15) is 9.59 Å². The standard InChI is InChI=1S/C16H26N4O3S2/c1-16(2,3)23-15(22)19(4)8-12-6-5-7-20(9-12)13(21)10-24-14-18-17-11-25-14/h11-12H,5-10H2,1-4H3. The number of thioether (sulfide) groups is 1. The highest BCUT2D eigenvalue weighted by Gasteiger charge is 2.27. The van der Waals surface area contributed by atoms with Gasteiger partial charge in [-0.2, -0.15) is 0 Å². The summed E-state index contributed by atoms with van der Waals surface area (Å²) in [5, 5.41) is 7.71. The van der Waals surface area contributed by atoms with E-state index in [1.165, 1.54) is 23.1 Å². The van der Waals surface area contributed by atoms with E-state index in [2.05, 4.69) is 10.2 Å². The zero-order chi connectivity index (χ0) is 18.4. The van der Waals surface area contributed by atoms with Crippen LogP contribution in [0.25, 0.3) is 0 Å². The lowest BCUT2D eigenvalue weighted by Crippen LogP contribution is -2.45. The Morgan fingerprint density at radius 2 is 2.24 bits per heavy atom. The summed E-state index contributed by atoms with van der Waals surface area (Å²) in [6.07, 6.45) is 1.66. The summed E-state index contributed by atoms with van der Waals surface area (Å²) in [5.41, 5.74) is 1.16. The minimum atomic E-state index is -0.498. The molecule has 25 heavy (non-hydrogen) atoms. The first kappa shape index (κ1) is 20.0. The van der Waals surface area contributed by atoms with Crippen molar-refractivity contribution in [3.8, 4) is 0 Å². The first-order valence-electron chi connectivity index (χ1n) is 8.35. The number of carbonyl (C=O) groups is 2. The van der Waals surface area contributed by atoms with Crippen LogP contribution in [0.1, 0.15) is 33.6 Å². The Morgan fingerprint density at radius 3 is 2.88 bits per heavy atom. The predicted molar refractivity (Wildman–Crippen MR) is 98.8 cm³/mol. The molecule has 140 valence electrons. The van der Waals surface area contributed by atoms with E-state index in [1.54, 1.807) is 17.5 Å². The molecule has 2 amide bonds. The van der Waals surface area contributed by atoms with Gasteiger partial charge in [-0.05, 0) is 39.5 Å². The molecule has 1 unspecified atom stereocenters. The normalized spacial score (nSPS) is 18.1. The van der Waals surface area contributed by atoms with Gasteiger partial charge in [-0.25, -0.2) is 4.79 Å². The highest BCUT2D eigenvalue weighted by molar-refractivity contribution is 8.01. The number of aromatic nitrogens is 2. The Bertz CT molecular complexity index is 574. The van der Waals surface area contributed by atoms with Crippen molar-refractivity contribution in [2.24, 2.45) is 5.92 Å². The van der Waals surface area contributed by atoms with Crippen LogP contribution in [-0.2, 0) is 9.53 Å². The molecular formula is C16H26N4O3S2. The molecule has 2 rings (SSSR count). The predicted octanol–water partition coefficient (Wildman–Crippen LogP) is 2.74. The van der Waals surface area contributed by atoms with Crippen molar-refractivity contribution in [1.29, 1.82) is 0 Å². The third-order valence-corrected chi connectivity index (χ3v) is 5.61. The molecule has 9 heteroatoms. The molecule has 0 spiro atoms. The van der Waals surface area contributed by atoms with E-state index in [4.69, 9.17) is 4.74 Å². The van der Waals surface area contributed by atoms with Gasteiger partial charge in [0.1, 0.15) is 11.1 Å². The van der Waals surface area contributed by atoms with Crippen LogP contribution in [0.15, 0.2) is 9.85 Å². The van der Waals surface area contributed by atoms with Gasteiger partial charge < -0.3 is 14.5 Å². The molecule has 1 saturated heterocycles. The molecule has 0 aliphatic carbocycles. The van der Waals surface area contributed by atoms with E-state index >= 15 is 0 Å². The quantitative estimate of drug-likeness (QED) is 0.724. The summed E-state index contributed by atoms with van der Waals surface area (Å²) in [7, 11) is 1.75. The molecule has 0 radical (unpaired) electrons. The summed E-state index contributed by atoms with van der Waals surface area (Å²) in [4.78, 5) is 28.0. The lowest BCUT2D eigenvalue weighted by molar-refractivity contribution is -0.130. The molecular weight excluding hydrogens is 360 g/mol. The molecule has 2 heterocycles.